The molecular weight excluding hydrogens is 309 g/mol. The molecule has 4 nitrogen and oxygen atoms in total. The van der Waals surface area contributed by atoms with E-state index in [-0.39, 0.29) is 18.3 Å². The van der Waals surface area contributed by atoms with Gasteiger partial charge in [-0.05, 0) is 42.7 Å². The smallest absolute Gasteiger partial charge is 0.246 e. The van der Waals surface area contributed by atoms with Crippen molar-refractivity contribution in [2.75, 3.05) is 19.8 Å². The number of ether oxygens (including phenoxy) is 2. The summed E-state index contributed by atoms with van der Waals surface area (Å²) in [6.45, 7) is 1.60. The van der Waals surface area contributed by atoms with E-state index in [0.29, 0.717) is 25.5 Å². The van der Waals surface area contributed by atoms with Crippen LogP contribution in [0, 0.1) is 5.82 Å². The highest BCUT2D eigenvalue weighted by atomic mass is 19.1. The summed E-state index contributed by atoms with van der Waals surface area (Å²) in [5.41, 5.74) is 1.04. The molecule has 2 aromatic carbocycles. The van der Waals surface area contributed by atoms with Gasteiger partial charge in [-0.15, -0.1) is 0 Å². The molecule has 0 aliphatic rings. The first kappa shape index (κ1) is 17.9. The molecule has 0 aliphatic carbocycles. The molecule has 1 amide bonds. The van der Waals surface area contributed by atoms with E-state index in [9.17, 15) is 9.18 Å². The largest absolute Gasteiger partial charge is 0.494 e. The lowest BCUT2D eigenvalue weighted by Crippen LogP contribution is -2.28. The van der Waals surface area contributed by atoms with Gasteiger partial charge in [0.15, 0.2) is 0 Å². The van der Waals surface area contributed by atoms with Gasteiger partial charge in [-0.25, -0.2) is 4.39 Å². The maximum absolute atomic E-state index is 12.7. The maximum atomic E-state index is 12.7. The molecule has 0 spiro atoms. The van der Waals surface area contributed by atoms with Crippen LogP contribution in [0.1, 0.15) is 18.4 Å². The van der Waals surface area contributed by atoms with Crippen LogP contribution in [0.3, 0.4) is 0 Å². The number of unbranched alkanes of at least 4 members (excludes halogenated alkanes) is 1. The second-order valence-corrected chi connectivity index (χ2v) is 5.34. The number of rotatable bonds is 10. The topological polar surface area (TPSA) is 47.6 Å². The minimum absolute atomic E-state index is 0.0565. The molecule has 0 radical (unpaired) electrons. The number of carbonyl (C=O) groups excluding carboxylic acids is 1. The van der Waals surface area contributed by atoms with E-state index in [1.54, 1.807) is 12.1 Å². The molecular formula is C19H22FNO3. The third-order valence-corrected chi connectivity index (χ3v) is 3.32. The zero-order valence-electron chi connectivity index (χ0n) is 13.5. The quantitative estimate of drug-likeness (QED) is 0.680. The van der Waals surface area contributed by atoms with Gasteiger partial charge in [-0.1, -0.05) is 30.3 Å². The molecule has 0 saturated heterocycles. The number of hydrogen-bond acceptors (Lipinski definition) is 3. The fourth-order valence-corrected chi connectivity index (χ4v) is 2.06. The van der Waals surface area contributed by atoms with E-state index in [2.05, 4.69) is 5.32 Å². The van der Waals surface area contributed by atoms with E-state index in [1.165, 1.54) is 12.1 Å². The van der Waals surface area contributed by atoms with Gasteiger partial charge in [0, 0.05) is 6.54 Å². The van der Waals surface area contributed by atoms with Crippen LogP contribution in [-0.2, 0) is 16.1 Å². The second kappa shape index (κ2) is 10.4. The Morgan fingerprint density at radius 2 is 1.75 bits per heavy atom. The van der Waals surface area contributed by atoms with Crippen LogP contribution >= 0.6 is 0 Å². The number of carbonyl (C=O) groups is 1. The molecule has 2 aromatic rings. The first-order chi connectivity index (χ1) is 11.7. The third-order valence-electron chi connectivity index (χ3n) is 3.32. The van der Waals surface area contributed by atoms with E-state index in [1.807, 2.05) is 30.3 Å². The lowest BCUT2D eigenvalue weighted by molar-refractivity contribution is -0.126. The van der Waals surface area contributed by atoms with Gasteiger partial charge in [0.05, 0.1) is 13.2 Å². The molecule has 128 valence electrons. The molecule has 2 rings (SSSR count). The molecule has 0 aromatic heterocycles. The molecule has 0 heterocycles. The lowest BCUT2D eigenvalue weighted by Gasteiger charge is -2.08. The summed E-state index contributed by atoms with van der Waals surface area (Å²) in [7, 11) is 0. The third kappa shape index (κ3) is 7.24. The van der Waals surface area contributed by atoms with Crippen LogP contribution in [0.2, 0.25) is 0 Å². The Morgan fingerprint density at radius 3 is 2.50 bits per heavy atom. The molecule has 0 bridgehead atoms. The van der Waals surface area contributed by atoms with Crippen LogP contribution in [0.25, 0.3) is 0 Å². The SMILES string of the molecule is O=C(COCc1ccccc1)NCCCCOc1ccc(F)cc1. The summed E-state index contributed by atoms with van der Waals surface area (Å²) in [4.78, 5) is 11.6. The van der Waals surface area contributed by atoms with Crippen molar-refractivity contribution in [3.8, 4) is 5.75 Å². The van der Waals surface area contributed by atoms with Crippen LogP contribution < -0.4 is 10.1 Å². The lowest BCUT2D eigenvalue weighted by atomic mass is 10.2. The normalized spacial score (nSPS) is 10.4. The van der Waals surface area contributed by atoms with E-state index in [0.717, 1.165) is 18.4 Å². The monoisotopic (exact) mass is 331 g/mol. The van der Waals surface area contributed by atoms with Crippen molar-refractivity contribution >= 4 is 5.91 Å². The molecule has 0 atom stereocenters. The van der Waals surface area contributed by atoms with Gasteiger partial charge >= 0.3 is 0 Å². The van der Waals surface area contributed by atoms with E-state index >= 15 is 0 Å². The highest BCUT2D eigenvalue weighted by molar-refractivity contribution is 5.77. The average Bonchev–Trinajstić information content (AvgIpc) is 2.60. The molecule has 0 unspecified atom stereocenters. The molecule has 0 aliphatic heterocycles. The van der Waals surface area contributed by atoms with Crippen molar-refractivity contribution in [2.45, 2.75) is 19.4 Å². The summed E-state index contributed by atoms with van der Waals surface area (Å²) in [5.74, 6) is 0.250. The molecule has 0 fully saturated rings. The summed E-state index contributed by atoms with van der Waals surface area (Å²) >= 11 is 0. The van der Waals surface area contributed by atoms with E-state index in [4.69, 9.17) is 9.47 Å². The number of nitrogens with one attached hydrogen (secondary N) is 1. The van der Waals surface area contributed by atoms with Gasteiger partial charge in [0.2, 0.25) is 5.91 Å². The number of hydrogen-bond donors (Lipinski definition) is 1. The van der Waals surface area contributed by atoms with Crippen LogP contribution in [0.5, 0.6) is 5.75 Å². The average molecular weight is 331 g/mol. The minimum Gasteiger partial charge on any atom is -0.494 e. The summed E-state index contributed by atoms with van der Waals surface area (Å²) in [6.07, 6.45) is 1.62. The van der Waals surface area contributed by atoms with Gasteiger partial charge in [-0.2, -0.15) is 0 Å². The van der Waals surface area contributed by atoms with Gasteiger partial charge in [0.1, 0.15) is 18.2 Å². The Kier molecular flexibility index (Phi) is 7.77. The fourth-order valence-electron chi connectivity index (χ4n) is 2.06. The fraction of sp³-hybridized carbons (Fsp3) is 0.316. The number of halogens is 1. The Balaban J connectivity index is 1.46. The predicted molar refractivity (Wildman–Crippen MR) is 90.2 cm³/mol. The van der Waals surface area contributed by atoms with Crippen molar-refractivity contribution in [2.24, 2.45) is 0 Å². The first-order valence-electron chi connectivity index (χ1n) is 8.01. The van der Waals surface area contributed by atoms with Gasteiger partial charge in [0.25, 0.3) is 0 Å². The Labute approximate surface area is 141 Å². The van der Waals surface area contributed by atoms with Crippen molar-refractivity contribution in [3.05, 3.63) is 66.0 Å². The molecule has 1 N–H and O–H groups in total. The number of amides is 1. The molecule has 24 heavy (non-hydrogen) atoms. The van der Waals surface area contributed by atoms with Crippen molar-refractivity contribution < 1.29 is 18.7 Å². The Bertz CT molecular complexity index is 602. The van der Waals surface area contributed by atoms with Crippen LogP contribution in [0.4, 0.5) is 4.39 Å². The molecule has 0 saturated carbocycles. The maximum Gasteiger partial charge on any atom is 0.246 e. The second-order valence-electron chi connectivity index (χ2n) is 5.34. The van der Waals surface area contributed by atoms with Crippen molar-refractivity contribution in [3.63, 3.8) is 0 Å². The van der Waals surface area contributed by atoms with Crippen LogP contribution in [0.15, 0.2) is 54.6 Å². The number of benzene rings is 2. The first-order valence-corrected chi connectivity index (χ1v) is 8.01. The van der Waals surface area contributed by atoms with Crippen molar-refractivity contribution in [1.82, 2.24) is 5.32 Å². The van der Waals surface area contributed by atoms with E-state index < -0.39 is 0 Å². The highest BCUT2D eigenvalue weighted by Crippen LogP contribution is 2.11. The summed E-state index contributed by atoms with van der Waals surface area (Å²) in [6, 6.07) is 15.7. The predicted octanol–water partition coefficient (Wildman–Crippen LogP) is 3.32. The van der Waals surface area contributed by atoms with Gasteiger partial charge < -0.3 is 14.8 Å². The van der Waals surface area contributed by atoms with Crippen LogP contribution in [-0.4, -0.2) is 25.7 Å². The van der Waals surface area contributed by atoms with Crippen molar-refractivity contribution in [1.29, 1.82) is 0 Å². The summed E-state index contributed by atoms with van der Waals surface area (Å²) in [5, 5.41) is 2.81. The summed E-state index contributed by atoms with van der Waals surface area (Å²) < 4.78 is 23.6. The Morgan fingerprint density at radius 1 is 1.00 bits per heavy atom. The van der Waals surface area contributed by atoms with Gasteiger partial charge in [-0.3, -0.25) is 4.79 Å². The zero-order valence-corrected chi connectivity index (χ0v) is 13.5. The standard InChI is InChI=1S/C19H22FNO3/c20-17-8-10-18(11-9-17)24-13-5-4-12-21-19(22)15-23-14-16-6-2-1-3-7-16/h1-3,6-11H,4-5,12-15H2,(H,21,22). The minimum atomic E-state index is -0.278. The zero-order chi connectivity index (χ0) is 17.0. The Hall–Kier alpha value is -2.40. The highest BCUT2D eigenvalue weighted by Gasteiger charge is 2.01. The molecule has 5 heteroatoms.